The number of aromatic nitrogens is 6. The lowest BCUT2D eigenvalue weighted by Crippen LogP contribution is -2.04. The van der Waals surface area contributed by atoms with Crippen LogP contribution in [0.1, 0.15) is 16.7 Å². The molecule has 0 aliphatic rings. The fourth-order valence-corrected chi connectivity index (χ4v) is 3.00. The molecule has 0 bridgehead atoms. The van der Waals surface area contributed by atoms with Crippen LogP contribution in [0.2, 0.25) is 5.02 Å². The average molecular weight is 339 g/mol. The van der Waals surface area contributed by atoms with Gasteiger partial charge in [-0.15, -0.1) is 5.10 Å². The minimum absolute atomic E-state index is 0.644. The first kappa shape index (κ1) is 14.8. The number of halogens is 1. The van der Waals surface area contributed by atoms with E-state index in [0.29, 0.717) is 6.54 Å². The van der Waals surface area contributed by atoms with Gasteiger partial charge in [-0.05, 0) is 47.4 Å². The van der Waals surface area contributed by atoms with Gasteiger partial charge in [0.05, 0.1) is 12.1 Å². The minimum Gasteiger partial charge on any atom is -0.249 e. The number of fused-ring (bicyclic) bond motifs is 1. The molecular formula is C17H15ClN6. The van der Waals surface area contributed by atoms with Crippen molar-refractivity contribution in [2.24, 2.45) is 7.05 Å². The van der Waals surface area contributed by atoms with E-state index in [-0.39, 0.29) is 0 Å². The van der Waals surface area contributed by atoms with Crippen LogP contribution in [-0.2, 0) is 20.0 Å². The summed E-state index contributed by atoms with van der Waals surface area (Å²) in [6, 6.07) is 12.2. The quantitative estimate of drug-likeness (QED) is 0.574. The van der Waals surface area contributed by atoms with E-state index in [9.17, 15) is 0 Å². The number of hydrogen-bond acceptors (Lipinski definition) is 4. The normalized spacial score (nSPS) is 11.2. The maximum absolute atomic E-state index is 6.18. The Labute approximate surface area is 143 Å². The second-order valence-corrected chi connectivity index (χ2v) is 6.16. The van der Waals surface area contributed by atoms with Crippen LogP contribution in [0.3, 0.4) is 0 Å². The molecule has 0 aliphatic carbocycles. The lowest BCUT2D eigenvalue weighted by atomic mass is 9.99. The smallest absolute Gasteiger partial charge is 0.137 e. The van der Waals surface area contributed by atoms with Gasteiger partial charge in [0.15, 0.2) is 0 Å². The molecule has 0 saturated carbocycles. The van der Waals surface area contributed by atoms with Crippen molar-refractivity contribution in [2.45, 2.75) is 13.0 Å². The van der Waals surface area contributed by atoms with Crippen LogP contribution in [0.15, 0.2) is 49.1 Å². The molecule has 7 heteroatoms. The Morgan fingerprint density at radius 2 is 2.00 bits per heavy atom. The van der Waals surface area contributed by atoms with Gasteiger partial charge < -0.3 is 0 Å². The van der Waals surface area contributed by atoms with Crippen molar-refractivity contribution in [3.05, 3.63) is 70.8 Å². The van der Waals surface area contributed by atoms with Crippen LogP contribution in [-0.4, -0.2) is 29.8 Å². The summed E-state index contributed by atoms with van der Waals surface area (Å²) in [6.07, 6.45) is 4.05. The van der Waals surface area contributed by atoms with Crippen LogP contribution >= 0.6 is 11.6 Å². The Balaban J connectivity index is 1.68. The zero-order chi connectivity index (χ0) is 16.5. The van der Waals surface area contributed by atoms with Gasteiger partial charge in [0.2, 0.25) is 0 Å². The Morgan fingerprint density at radius 3 is 2.83 bits per heavy atom. The van der Waals surface area contributed by atoms with E-state index in [1.807, 2.05) is 25.2 Å². The molecule has 4 aromatic rings. The fraction of sp³-hybridized carbons (Fsp3) is 0.176. The van der Waals surface area contributed by atoms with Crippen LogP contribution in [0, 0.1) is 0 Å². The Bertz CT molecular complexity index is 990. The van der Waals surface area contributed by atoms with Gasteiger partial charge in [0, 0.05) is 12.1 Å². The van der Waals surface area contributed by atoms with Gasteiger partial charge in [0.25, 0.3) is 0 Å². The van der Waals surface area contributed by atoms with Crippen molar-refractivity contribution in [1.29, 1.82) is 0 Å². The second kappa shape index (κ2) is 6.05. The van der Waals surface area contributed by atoms with E-state index in [2.05, 4.69) is 38.6 Å². The number of rotatable bonds is 4. The minimum atomic E-state index is 0.644. The zero-order valence-corrected chi connectivity index (χ0v) is 13.9. The van der Waals surface area contributed by atoms with Gasteiger partial charge in [-0.25, -0.2) is 14.3 Å². The van der Waals surface area contributed by atoms with E-state index < -0.39 is 0 Å². The summed E-state index contributed by atoms with van der Waals surface area (Å²) in [5.74, 6) is 0. The molecule has 2 aromatic heterocycles. The topological polar surface area (TPSA) is 61.4 Å². The van der Waals surface area contributed by atoms with Gasteiger partial charge >= 0.3 is 0 Å². The Morgan fingerprint density at radius 1 is 1.08 bits per heavy atom. The standard InChI is InChI=1S/C17H15ClN6/c1-23-17-7-12(2-5-16(17)21-22-23)6-13-3-4-15(18)8-14(13)9-24-11-19-10-20-24/h2-5,7-8,10-11H,6,9H2,1H3. The predicted molar refractivity (Wildman–Crippen MR) is 91.9 cm³/mol. The van der Waals surface area contributed by atoms with E-state index in [4.69, 9.17) is 11.6 Å². The van der Waals surface area contributed by atoms with Crippen molar-refractivity contribution in [1.82, 2.24) is 29.8 Å². The first-order valence-electron chi connectivity index (χ1n) is 7.57. The molecule has 0 atom stereocenters. The fourth-order valence-electron chi connectivity index (χ4n) is 2.81. The van der Waals surface area contributed by atoms with Gasteiger partial charge in [-0.2, -0.15) is 5.10 Å². The molecule has 4 rings (SSSR count). The predicted octanol–water partition coefficient (Wildman–Crippen LogP) is 2.85. The lowest BCUT2D eigenvalue weighted by Gasteiger charge is -2.11. The van der Waals surface area contributed by atoms with E-state index in [1.54, 1.807) is 15.7 Å². The molecule has 0 unspecified atom stereocenters. The summed E-state index contributed by atoms with van der Waals surface area (Å²) in [7, 11) is 1.90. The molecule has 0 radical (unpaired) electrons. The average Bonchev–Trinajstić information content (AvgIpc) is 3.21. The monoisotopic (exact) mass is 338 g/mol. The van der Waals surface area contributed by atoms with E-state index in [1.165, 1.54) is 17.5 Å². The maximum atomic E-state index is 6.18. The van der Waals surface area contributed by atoms with Crippen molar-refractivity contribution in [3.8, 4) is 0 Å². The molecule has 2 heterocycles. The molecule has 24 heavy (non-hydrogen) atoms. The van der Waals surface area contributed by atoms with E-state index >= 15 is 0 Å². The van der Waals surface area contributed by atoms with Crippen molar-refractivity contribution >= 4 is 22.6 Å². The highest BCUT2D eigenvalue weighted by molar-refractivity contribution is 6.30. The number of nitrogens with zero attached hydrogens (tertiary/aromatic N) is 6. The summed E-state index contributed by atoms with van der Waals surface area (Å²) in [5.41, 5.74) is 5.48. The van der Waals surface area contributed by atoms with Gasteiger partial charge in [0.1, 0.15) is 18.2 Å². The first-order valence-corrected chi connectivity index (χ1v) is 7.95. The highest BCUT2D eigenvalue weighted by atomic mass is 35.5. The highest BCUT2D eigenvalue weighted by Crippen LogP contribution is 2.22. The molecular weight excluding hydrogens is 324 g/mol. The van der Waals surface area contributed by atoms with Crippen molar-refractivity contribution < 1.29 is 0 Å². The largest absolute Gasteiger partial charge is 0.249 e. The third kappa shape index (κ3) is 2.88. The van der Waals surface area contributed by atoms with Crippen molar-refractivity contribution in [2.75, 3.05) is 0 Å². The molecule has 0 spiro atoms. The zero-order valence-electron chi connectivity index (χ0n) is 13.1. The lowest BCUT2D eigenvalue weighted by molar-refractivity contribution is 0.680. The Kier molecular flexibility index (Phi) is 3.74. The second-order valence-electron chi connectivity index (χ2n) is 5.72. The SMILES string of the molecule is Cn1nnc2ccc(Cc3ccc(Cl)cc3Cn3cncn3)cc21. The first-order chi connectivity index (χ1) is 11.7. The van der Waals surface area contributed by atoms with Crippen LogP contribution in [0.4, 0.5) is 0 Å². The molecule has 0 fully saturated rings. The molecule has 0 amide bonds. The van der Waals surface area contributed by atoms with Crippen LogP contribution in [0.25, 0.3) is 11.0 Å². The molecule has 6 nitrogen and oxygen atoms in total. The molecule has 2 aromatic carbocycles. The summed E-state index contributed by atoms with van der Waals surface area (Å²) in [5, 5.41) is 13.1. The number of aryl methyl sites for hydroxylation is 1. The van der Waals surface area contributed by atoms with Gasteiger partial charge in [-0.1, -0.05) is 28.9 Å². The molecule has 120 valence electrons. The van der Waals surface area contributed by atoms with Crippen LogP contribution < -0.4 is 0 Å². The van der Waals surface area contributed by atoms with Gasteiger partial charge in [-0.3, -0.25) is 0 Å². The molecule has 0 N–H and O–H groups in total. The summed E-state index contributed by atoms with van der Waals surface area (Å²) in [4.78, 5) is 3.99. The molecule has 0 saturated heterocycles. The number of benzene rings is 2. The summed E-state index contributed by atoms with van der Waals surface area (Å²) >= 11 is 6.18. The Hall–Kier alpha value is -2.73. The van der Waals surface area contributed by atoms with E-state index in [0.717, 1.165) is 28.0 Å². The summed E-state index contributed by atoms with van der Waals surface area (Å²) in [6.45, 7) is 0.644. The third-order valence-corrected chi connectivity index (χ3v) is 4.27. The highest BCUT2D eigenvalue weighted by Gasteiger charge is 2.08. The number of hydrogen-bond donors (Lipinski definition) is 0. The van der Waals surface area contributed by atoms with Crippen molar-refractivity contribution in [3.63, 3.8) is 0 Å². The maximum Gasteiger partial charge on any atom is 0.137 e. The molecule has 0 aliphatic heterocycles. The third-order valence-electron chi connectivity index (χ3n) is 4.04. The summed E-state index contributed by atoms with van der Waals surface area (Å²) < 4.78 is 3.58. The van der Waals surface area contributed by atoms with Crippen LogP contribution in [0.5, 0.6) is 0 Å².